The zero-order chi connectivity index (χ0) is 18.0. The Morgan fingerprint density at radius 2 is 1.69 bits per heavy atom. The molecule has 0 aromatic heterocycles. The highest BCUT2D eigenvalue weighted by Gasteiger charge is 2.52. The first kappa shape index (κ1) is 17.9. The van der Waals surface area contributed by atoms with Gasteiger partial charge in [-0.2, -0.15) is 0 Å². The molecule has 0 spiro atoms. The molecule has 26 heavy (non-hydrogen) atoms. The van der Waals surface area contributed by atoms with Gasteiger partial charge in [-0.1, -0.05) is 31.4 Å². The Labute approximate surface area is 155 Å². The van der Waals surface area contributed by atoms with E-state index in [9.17, 15) is 9.18 Å². The van der Waals surface area contributed by atoms with Gasteiger partial charge in [-0.05, 0) is 43.4 Å². The van der Waals surface area contributed by atoms with Crippen LogP contribution in [-0.2, 0) is 14.9 Å². The molecule has 0 unspecified atom stereocenters. The van der Waals surface area contributed by atoms with E-state index in [1.807, 2.05) is 0 Å². The first-order valence-electron chi connectivity index (χ1n) is 10.0. The van der Waals surface area contributed by atoms with Crippen LogP contribution in [0.15, 0.2) is 24.3 Å². The number of amides is 1. The second-order valence-corrected chi connectivity index (χ2v) is 8.16. The average Bonchev–Trinajstić information content (AvgIpc) is 3.50. The van der Waals surface area contributed by atoms with E-state index in [2.05, 4.69) is 10.2 Å². The molecule has 0 atom stereocenters. The highest BCUT2D eigenvalue weighted by molar-refractivity contribution is 5.91. The van der Waals surface area contributed by atoms with Crippen molar-refractivity contribution >= 4 is 5.91 Å². The van der Waals surface area contributed by atoms with Crippen molar-refractivity contribution in [2.45, 2.75) is 55.9 Å². The summed E-state index contributed by atoms with van der Waals surface area (Å²) in [7, 11) is 0. The Balaban J connectivity index is 1.45. The third-order valence-electron chi connectivity index (χ3n) is 6.63. The highest BCUT2D eigenvalue weighted by Crippen LogP contribution is 2.48. The molecule has 4 rings (SSSR count). The quantitative estimate of drug-likeness (QED) is 0.878. The largest absolute Gasteiger partial charge is 0.379 e. The van der Waals surface area contributed by atoms with Crippen molar-refractivity contribution in [1.29, 1.82) is 0 Å². The lowest BCUT2D eigenvalue weighted by Crippen LogP contribution is -2.60. The standard InChI is InChI=1S/C21H29FN2O2/c22-18-6-4-17(5-7-18)21(10-11-21)19(25)23-16-20(8-2-1-3-9-20)24-12-14-26-15-13-24/h4-7H,1-3,8-16H2,(H,23,25). The monoisotopic (exact) mass is 360 g/mol. The molecule has 1 aliphatic heterocycles. The summed E-state index contributed by atoms with van der Waals surface area (Å²) in [6.45, 7) is 4.21. The van der Waals surface area contributed by atoms with Gasteiger partial charge in [0.2, 0.25) is 5.91 Å². The first-order chi connectivity index (χ1) is 12.6. The predicted molar refractivity (Wildman–Crippen MR) is 98.5 cm³/mol. The van der Waals surface area contributed by atoms with Gasteiger partial charge in [0.05, 0.1) is 18.6 Å². The third kappa shape index (κ3) is 3.39. The molecule has 4 nitrogen and oxygen atoms in total. The minimum atomic E-state index is -0.436. The van der Waals surface area contributed by atoms with Crippen molar-refractivity contribution in [3.05, 3.63) is 35.6 Å². The number of morpholine rings is 1. The van der Waals surface area contributed by atoms with E-state index >= 15 is 0 Å². The van der Waals surface area contributed by atoms with Gasteiger partial charge >= 0.3 is 0 Å². The van der Waals surface area contributed by atoms with Crippen LogP contribution < -0.4 is 5.32 Å². The molecule has 5 heteroatoms. The van der Waals surface area contributed by atoms with Gasteiger partial charge in [-0.25, -0.2) is 4.39 Å². The Bertz CT molecular complexity index is 630. The smallest absolute Gasteiger partial charge is 0.230 e. The summed E-state index contributed by atoms with van der Waals surface area (Å²) in [5.74, 6) is -0.138. The van der Waals surface area contributed by atoms with E-state index < -0.39 is 5.41 Å². The Hall–Kier alpha value is -1.46. The number of carbonyl (C=O) groups is 1. The van der Waals surface area contributed by atoms with Crippen LogP contribution in [0.1, 0.15) is 50.5 Å². The number of hydrogen-bond acceptors (Lipinski definition) is 3. The van der Waals surface area contributed by atoms with Gasteiger partial charge in [-0.3, -0.25) is 9.69 Å². The number of nitrogens with one attached hydrogen (secondary N) is 1. The summed E-state index contributed by atoms with van der Waals surface area (Å²) in [6, 6.07) is 6.44. The van der Waals surface area contributed by atoms with Crippen LogP contribution in [0, 0.1) is 5.82 Å². The molecule has 1 heterocycles. The van der Waals surface area contributed by atoms with Crippen molar-refractivity contribution in [2.24, 2.45) is 0 Å². The Morgan fingerprint density at radius 3 is 2.31 bits per heavy atom. The number of hydrogen-bond donors (Lipinski definition) is 1. The van der Waals surface area contributed by atoms with Crippen LogP contribution in [-0.4, -0.2) is 49.2 Å². The van der Waals surface area contributed by atoms with Crippen LogP contribution in [0.2, 0.25) is 0 Å². The molecule has 1 amide bonds. The summed E-state index contributed by atoms with van der Waals surface area (Å²) >= 11 is 0. The van der Waals surface area contributed by atoms with Crippen molar-refractivity contribution in [2.75, 3.05) is 32.8 Å². The molecule has 142 valence electrons. The van der Waals surface area contributed by atoms with Gasteiger partial charge in [0.15, 0.2) is 0 Å². The van der Waals surface area contributed by atoms with Crippen LogP contribution in [0.4, 0.5) is 4.39 Å². The number of halogens is 1. The summed E-state index contributed by atoms with van der Waals surface area (Å²) < 4.78 is 18.8. The molecule has 0 bridgehead atoms. The van der Waals surface area contributed by atoms with E-state index in [1.165, 1.54) is 31.4 Å². The Morgan fingerprint density at radius 1 is 1.04 bits per heavy atom. The molecule has 3 fully saturated rings. The molecule has 2 saturated carbocycles. The van der Waals surface area contributed by atoms with Crippen molar-refractivity contribution < 1.29 is 13.9 Å². The summed E-state index contributed by atoms with van der Waals surface area (Å²) in [6.07, 6.45) is 7.77. The van der Waals surface area contributed by atoms with E-state index in [0.29, 0.717) is 0 Å². The fraction of sp³-hybridized carbons (Fsp3) is 0.667. The zero-order valence-electron chi connectivity index (χ0n) is 15.4. The topological polar surface area (TPSA) is 41.6 Å². The minimum Gasteiger partial charge on any atom is -0.379 e. The van der Waals surface area contributed by atoms with E-state index in [-0.39, 0.29) is 17.3 Å². The lowest BCUT2D eigenvalue weighted by atomic mass is 9.79. The molecule has 0 radical (unpaired) electrons. The summed E-state index contributed by atoms with van der Waals surface area (Å²) in [5.41, 5.74) is 0.589. The molecule has 1 N–H and O–H groups in total. The van der Waals surface area contributed by atoms with Gasteiger partial charge in [0, 0.05) is 25.2 Å². The molecule has 2 aliphatic carbocycles. The Kier molecular flexibility index (Phi) is 5.02. The molecule has 1 saturated heterocycles. The number of nitrogens with zero attached hydrogens (tertiary/aromatic N) is 1. The zero-order valence-corrected chi connectivity index (χ0v) is 15.4. The van der Waals surface area contributed by atoms with Crippen LogP contribution in [0.5, 0.6) is 0 Å². The SMILES string of the molecule is O=C(NCC1(N2CCOCC2)CCCCC1)C1(c2ccc(F)cc2)CC1. The van der Waals surface area contributed by atoms with E-state index in [4.69, 9.17) is 4.74 Å². The maximum absolute atomic E-state index is 13.2. The first-order valence-corrected chi connectivity index (χ1v) is 10.0. The number of carbonyl (C=O) groups excluding carboxylic acids is 1. The number of benzene rings is 1. The third-order valence-corrected chi connectivity index (χ3v) is 6.63. The molecule has 1 aromatic carbocycles. The van der Waals surface area contributed by atoms with Gasteiger partial charge in [-0.15, -0.1) is 0 Å². The maximum atomic E-state index is 13.2. The van der Waals surface area contributed by atoms with Gasteiger partial charge < -0.3 is 10.1 Å². The van der Waals surface area contributed by atoms with Crippen LogP contribution in [0.25, 0.3) is 0 Å². The second-order valence-electron chi connectivity index (χ2n) is 8.16. The number of ether oxygens (including phenoxy) is 1. The van der Waals surface area contributed by atoms with Gasteiger partial charge in [0.1, 0.15) is 5.82 Å². The fourth-order valence-electron chi connectivity index (χ4n) is 4.81. The van der Waals surface area contributed by atoms with Crippen LogP contribution in [0.3, 0.4) is 0 Å². The average molecular weight is 360 g/mol. The maximum Gasteiger partial charge on any atom is 0.230 e. The fourth-order valence-corrected chi connectivity index (χ4v) is 4.81. The van der Waals surface area contributed by atoms with Gasteiger partial charge in [0.25, 0.3) is 0 Å². The van der Waals surface area contributed by atoms with Crippen molar-refractivity contribution in [3.63, 3.8) is 0 Å². The summed E-state index contributed by atoms with van der Waals surface area (Å²) in [5, 5.41) is 3.29. The number of rotatable bonds is 5. The summed E-state index contributed by atoms with van der Waals surface area (Å²) in [4.78, 5) is 15.6. The highest BCUT2D eigenvalue weighted by atomic mass is 19.1. The normalized spacial score (nSPS) is 24.8. The lowest BCUT2D eigenvalue weighted by Gasteiger charge is -2.48. The van der Waals surface area contributed by atoms with Crippen LogP contribution >= 0.6 is 0 Å². The molecular formula is C21H29FN2O2. The molecule has 1 aromatic rings. The van der Waals surface area contributed by atoms with Crippen molar-refractivity contribution in [1.82, 2.24) is 10.2 Å². The molecule has 3 aliphatic rings. The lowest BCUT2D eigenvalue weighted by molar-refractivity contribution is -0.124. The van der Waals surface area contributed by atoms with E-state index in [1.54, 1.807) is 12.1 Å². The van der Waals surface area contributed by atoms with E-state index in [0.717, 1.165) is 64.1 Å². The minimum absolute atomic E-state index is 0.0799. The predicted octanol–water partition coefficient (Wildman–Crippen LogP) is 3.01. The van der Waals surface area contributed by atoms with Crippen molar-refractivity contribution in [3.8, 4) is 0 Å². The second kappa shape index (κ2) is 7.28. The molecular weight excluding hydrogens is 331 g/mol.